The molecule has 1 aromatic heterocycles. The molecule has 6 heteroatoms. The van der Waals surface area contributed by atoms with E-state index in [4.69, 9.17) is 5.73 Å². The van der Waals surface area contributed by atoms with Crippen molar-refractivity contribution in [2.24, 2.45) is 11.1 Å². The van der Waals surface area contributed by atoms with Crippen molar-refractivity contribution in [1.29, 1.82) is 0 Å². The van der Waals surface area contributed by atoms with Gasteiger partial charge in [0.15, 0.2) is 0 Å². The van der Waals surface area contributed by atoms with Crippen LogP contribution in [0.15, 0.2) is 48.8 Å². The van der Waals surface area contributed by atoms with Gasteiger partial charge in [0.2, 0.25) is 5.91 Å². The molecule has 0 radical (unpaired) electrons. The van der Waals surface area contributed by atoms with Crippen LogP contribution in [0.4, 0.5) is 5.69 Å². The van der Waals surface area contributed by atoms with Crippen LogP contribution in [0.1, 0.15) is 37.8 Å². The predicted octanol–water partition coefficient (Wildman–Crippen LogP) is 4.22. The lowest BCUT2D eigenvalue weighted by Crippen LogP contribution is -2.41. The van der Waals surface area contributed by atoms with Gasteiger partial charge in [-0.2, -0.15) is 0 Å². The highest BCUT2D eigenvalue weighted by atomic mass is 35.5. The van der Waals surface area contributed by atoms with Crippen LogP contribution in [0.25, 0.3) is 0 Å². The van der Waals surface area contributed by atoms with E-state index in [1.165, 1.54) is 11.1 Å². The number of hydrogen-bond acceptors (Lipinski definition) is 3. The van der Waals surface area contributed by atoms with Gasteiger partial charge in [-0.25, -0.2) is 0 Å². The molecule has 3 N–H and O–H groups in total. The molecule has 1 aromatic carbocycles. The summed E-state index contributed by atoms with van der Waals surface area (Å²) in [4.78, 5) is 16.5. The largest absolute Gasteiger partial charge is 0.329 e. The molecule has 25 heavy (non-hydrogen) atoms. The Morgan fingerprint density at radius 3 is 2.00 bits per heavy atom. The fraction of sp³-hybridized carbons (Fsp3) is 0.368. The molecule has 0 saturated carbocycles. The minimum Gasteiger partial charge on any atom is -0.329 e. The summed E-state index contributed by atoms with van der Waals surface area (Å²) >= 11 is 0. The number of nitrogens with zero attached hydrogens (tertiary/aromatic N) is 1. The monoisotopic (exact) mass is 383 g/mol. The zero-order valence-electron chi connectivity index (χ0n) is 14.7. The standard InChI is InChI=1S/C19H25N3O.2ClH/c1-3-19(4-2,14-20)18(23)22-17-7-5-15(6-8-17)13-16-9-11-21-12-10-16;;/h5-12H,3-4,13-14,20H2,1-2H3,(H,22,23);2*1H. The smallest absolute Gasteiger partial charge is 0.231 e. The number of anilines is 1. The number of amides is 1. The molecule has 0 aliphatic heterocycles. The highest BCUT2D eigenvalue weighted by Crippen LogP contribution is 2.27. The summed E-state index contributed by atoms with van der Waals surface area (Å²) in [7, 11) is 0. The third kappa shape index (κ3) is 5.99. The Labute approximate surface area is 162 Å². The SMILES string of the molecule is CCC(CC)(CN)C(=O)Nc1ccc(Cc2ccncc2)cc1.Cl.Cl. The molecule has 138 valence electrons. The van der Waals surface area contributed by atoms with Gasteiger partial charge in [0.25, 0.3) is 0 Å². The highest BCUT2D eigenvalue weighted by molar-refractivity contribution is 5.95. The maximum Gasteiger partial charge on any atom is 0.231 e. The molecule has 4 nitrogen and oxygen atoms in total. The van der Waals surface area contributed by atoms with Crippen LogP contribution < -0.4 is 11.1 Å². The molecule has 0 bridgehead atoms. The summed E-state index contributed by atoms with van der Waals surface area (Å²) in [5.41, 5.74) is 8.58. The first kappa shape index (κ1) is 23.4. The van der Waals surface area contributed by atoms with Gasteiger partial charge in [0.05, 0.1) is 5.41 Å². The van der Waals surface area contributed by atoms with Crippen molar-refractivity contribution in [3.05, 3.63) is 59.9 Å². The first-order valence-corrected chi connectivity index (χ1v) is 8.13. The quantitative estimate of drug-likeness (QED) is 0.751. The van der Waals surface area contributed by atoms with E-state index in [1.54, 1.807) is 12.4 Å². The lowest BCUT2D eigenvalue weighted by atomic mass is 9.81. The van der Waals surface area contributed by atoms with Crippen molar-refractivity contribution < 1.29 is 4.79 Å². The van der Waals surface area contributed by atoms with E-state index in [2.05, 4.69) is 10.3 Å². The number of carbonyl (C=O) groups excluding carboxylic acids is 1. The van der Waals surface area contributed by atoms with E-state index in [9.17, 15) is 4.79 Å². The first-order chi connectivity index (χ1) is 11.1. The molecule has 0 aliphatic rings. The van der Waals surface area contributed by atoms with Crippen molar-refractivity contribution in [3.63, 3.8) is 0 Å². The summed E-state index contributed by atoms with van der Waals surface area (Å²) in [6, 6.07) is 12.0. The Morgan fingerprint density at radius 1 is 1.00 bits per heavy atom. The summed E-state index contributed by atoms with van der Waals surface area (Å²) in [6.45, 7) is 4.38. The summed E-state index contributed by atoms with van der Waals surface area (Å²) in [5, 5.41) is 3.00. The van der Waals surface area contributed by atoms with Crippen LogP contribution in [0.3, 0.4) is 0 Å². The molecule has 0 unspecified atom stereocenters. The average molecular weight is 384 g/mol. The van der Waals surface area contributed by atoms with E-state index in [-0.39, 0.29) is 30.7 Å². The summed E-state index contributed by atoms with van der Waals surface area (Å²) < 4.78 is 0. The molecule has 0 saturated heterocycles. The minimum atomic E-state index is -0.476. The second-order valence-electron chi connectivity index (χ2n) is 5.87. The van der Waals surface area contributed by atoms with Crippen LogP contribution in [-0.2, 0) is 11.2 Å². The van der Waals surface area contributed by atoms with Crippen molar-refractivity contribution in [2.75, 3.05) is 11.9 Å². The second-order valence-corrected chi connectivity index (χ2v) is 5.87. The van der Waals surface area contributed by atoms with Gasteiger partial charge in [-0.15, -0.1) is 24.8 Å². The van der Waals surface area contributed by atoms with Crippen LogP contribution >= 0.6 is 24.8 Å². The number of benzene rings is 1. The van der Waals surface area contributed by atoms with Crippen LogP contribution in [-0.4, -0.2) is 17.4 Å². The van der Waals surface area contributed by atoms with Gasteiger partial charge in [0, 0.05) is 24.6 Å². The molecule has 0 aliphatic carbocycles. The molecule has 0 atom stereocenters. The minimum absolute atomic E-state index is 0. The van der Waals surface area contributed by atoms with Crippen molar-refractivity contribution in [2.45, 2.75) is 33.1 Å². The Morgan fingerprint density at radius 2 is 1.52 bits per heavy atom. The number of pyridine rings is 1. The molecular weight excluding hydrogens is 357 g/mol. The normalized spacial score (nSPS) is 10.4. The Kier molecular flexibility index (Phi) is 10.4. The van der Waals surface area contributed by atoms with Crippen molar-refractivity contribution in [3.8, 4) is 0 Å². The zero-order chi connectivity index (χ0) is 16.7. The van der Waals surface area contributed by atoms with E-state index in [1.807, 2.05) is 50.2 Å². The third-order valence-electron chi connectivity index (χ3n) is 4.60. The molecule has 2 aromatic rings. The lowest BCUT2D eigenvalue weighted by molar-refractivity contribution is -0.125. The molecule has 0 spiro atoms. The van der Waals surface area contributed by atoms with Crippen LogP contribution in [0.2, 0.25) is 0 Å². The maximum absolute atomic E-state index is 12.5. The van der Waals surface area contributed by atoms with E-state index in [0.29, 0.717) is 6.54 Å². The predicted molar refractivity (Wildman–Crippen MR) is 109 cm³/mol. The van der Waals surface area contributed by atoms with Gasteiger partial charge in [-0.1, -0.05) is 26.0 Å². The van der Waals surface area contributed by atoms with E-state index >= 15 is 0 Å². The summed E-state index contributed by atoms with van der Waals surface area (Å²) in [5.74, 6) is 0.00637. The van der Waals surface area contributed by atoms with Crippen molar-refractivity contribution >= 4 is 36.4 Å². The van der Waals surface area contributed by atoms with Gasteiger partial charge >= 0.3 is 0 Å². The van der Waals surface area contributed by atoms with Gasteiger partial charge in [0.1, 0.15) is 0 Å². The van der Waals surface area contributed by atoms with Crippen molar-refractivity contribution in [1.82, 2.24) is 4.98 Å². The molecule has 2 rings (SSSR count). The third-order valence-corrected chi connectivity index (χ3v) is 4.60. The van der Waals surface area contributed by atoms with E-state index < -0.39 is 5.41 Å². The number of halogens is 2. The number of aromatic nitrogens is 1. The zero-order valence-corrected chi connectivity index (χ0v) is 16.3. The van der Waals surface area contributed by atoms with Gasteiger partial charge < -0.3 is 11.1 Å². The molecular formula is C19H27Cl2N3O. The van der Waals surface area contributed by atoms with Crippen LogP contribution in [0, 0.1) is 5.41 Å². The fourth-order valence-electron chi connectivity index (χ4n) is 2.66. The Bertz CT molecular complexity index is 621. The summed E-state index contributed by atoms with van der Waals surface area (Å²) in [6.07, 6.45) is 5.93. The number of nitrogens with two attached hydrogens (primary N) is 1. The number of rotatable bonds is 7. The topological polar surface area (TPSA) is 68.0 Å². The highest BCUT2D eigenvalue weighted by Gasteiger charge is 2.33. The molecule has 1 amide bonds. The second kappa shape index (κ2) is 11.1. The lowest BCUT2D eigenvalue weighted by Gasteiger charge is -2.28. The van der Waals surface area contributed by atoms with Gasteiger partial charge in [-0.3, -0.25) is 9.78 Å². The maximum atomic E-state index is 12.5. The number of carbonyl (C=O) groups is 1. The van der Waals surface area contributed by atoms with Gasteiger partial charge in [-0.05, 0) is 54.7 Å². The van der Waals surface area contributed by atoms with E-state index in [0.717, 1.165) is 24.9 Å². The average Bonchev–Trinajstić information content (AvgIpc) is 2.60. The first-order valence-electron chi connectivity index (χ1n) is 8.13. The number of hydrogen-bond donors (Lipinski definition) is 2. The molecule has 0 fully saturated rings. The molecule has 1 heterocycles. The van der Waals surface area contributed by atoms with Crippen LogP contribution in [0.5, 0.6) is 0 Å². The Hall–Kier alpha value is -1.62. The fourth-order valence-corrected chi connectivity index (χ4v) is 2.66. The number of nitrogens with one attached hydrogen (secondary N) is 1. The Balaban J connectivity index is 0.00000288.